The molecule has 25 heavy (non-hydrogen) atoms. The van der Waals surface area contributed by atoms with Crippen LogP contribution in [0.3, 0.4) is 0 Å². The number of carbonyl (C=O) groups excluding carboxylic acids is 2. The summed E-state index contributed by atoms with van der Waals surface area (Å²) in [6, 6.07) is 6.01. The molecule has 8 heteroatoms. The van der Waals surface area contributed by atoms with Crippen LogP contribution in [0, 0.1) is 5.82 Å². The number of nitrogens with one attached hydrogen (secondary N) is 1. The third kappa shape index (κ3) is 3.78. The lowest BCUT2D eigenvalue weighted by atomic mass is 10.1. The molecule has 2 heterocycles. The monoisotopic (exact) mass is 345 g/mol. The van der Waals surface area contributed by atoms with E-state index >= 15 is 0 Å². The van der Waals surface area contributed by atoms with Crippen molar-refractivity contribution in [2.75, 3.05) is 36.4 Å². The first kappa shape index (κ1) is 16.9. The highest BCUT2D eigenvalue weighted by atomic mass is 19.1. The van der Waals surface area contributed by atoms with Gasteiger partial charge < -0.3 is 9.80 Å². The molecule has 1 aliphatic rings. The van der Waals surface area contributed by atoms with E-state index in [0.717, 1.165) is 0 Å². The molecule has 1 fully saturated rings. The number of nitrogens with zero attached hydrogens (tertiary/aromatic N) is 4. The van der Waals surface area contributed by atoms with Crippen molar-refractivity contribution in [1.82, 2.24) is 14.7 Å². The molecular formula is C17H20FN5O2. The molecule has 1 aliphatic heterocycles. The van der Waals surface area contributed by atoms with Gasteiger partial charge in [0.15, 0.2) is 11.6 Å². The summed E-state index contributed by atoms with van der Waals surface area (Å²) in [6.45, 7) is 3.41. The molecule has 0 saturated carbocycles. The summed E-state index contributed by atoms with van der Waals surface area (Å²) in [4.78, 5) is 27.1. The normalized spacial score (nSPS) is 14.5. The first-order valence-electron chi connectivity index (χ1n) is 8.05. The van der Waals surface area contributed by atoms with Crippen LogP contribution in [0.25, 0.3) is 0 Å². The van der Waals surface area contributed by atoms with Crippen LogP contribution in [0.5, 0.6) is 0 Å². The summed E-state index contributed by atoms with van der Waals surface area (Å²) in [6.07, 6.45) is 1.75. The standard InChI is InChI=1S/C17H20FN5O2/c1-12(24)13-3-4-15(14(18)11-13)22-7-9-23(10-8-22)17(25)19-16-5-6-21(2)20-16/h3-6,11H,7-10H2,1-2H3,(H,19,20,25). The molecule has 1 aromatic heterocycles. The van der Waals surface area contributed by atoms with Crippen molar-refractivity contribution in [2.45, 2.75) is 6.92 Å². The average Bonchev–Trinajstić information content (AvgIpc) is 2.99. The number of aryl methyl sites for hydroxylation is 1. The highest BCUT2D eigenvalue weighted by molar-refractivity contribution is 5.94. The SMILES string of the molecule is CC(=O)c1ccc(N2CCN(C(=O)Nc3ccn(C)n3)CC2)c(F)c1. The van der Waals surface area contributed by atoms with Crippen LogP contribution < -0.4 is 10.2 Å². The van der Waals surface area contributed by atoms with Gasteiger partial charge in [0.2, 0.25) is 0 Å². The van der Waals surface area contributed by atoms with Crippen molar-refractivity contribution >= 4 is 23.3 Å². The van der Waals surface area contributed by atoms with Gasteiger partial charge in [-0.1, -0.05) is 0 Å². The topological polar surface area (TPSA) is 70.5 Å². The average molecular weight is 345 g/mol. The highest BCUT2D eigenvalue weighted by Gasteiger charge is 2.23. The van der Waals surface area contributed by atoms with Crippen LogP contribution in [0.4, 0.5) is 20.7 Å². The zero-order chi connectivity index (χ0) is 18.0. The predicted octanol–water partition coefficient (Wildman–Crippen LogP) is 2.12. The van der Waals surface area contributed by atoms with E-state index < -0.39 is 5.82 Å². The fourth-order valence-corrected chi connectivity index (χ4v) is 2.80. The number of benzene rings is 1. The molecular weight excluding hydrogens is 325 g/mol. The van der Waals surface area contributed by atoms with Gasteiger partial charge in [-0.2, -0.15) is 5.10 Å². The Morgan fingerprint density at radius 2 is 1.88 bits per heavy atom. The Morgan fingerprint density at radius 3 is 2.44 bits per heavy atom. The number of piperazine rings is 1. The molecule has 2 aromatic rings. The van der Waals surface area contributed by atoms with E-state index in [1.807, 2.05) is 4.90 Å². The number of amides is 2. The molecule has 0 spiro atoms. The first-order valence-corrected chi connectivity index (χ1v) is 8.05. The van der Waals surface area contributed by atoms with E-state index in [2.05, 4.69) is 10.4 Å². The fourth-order valence-electron chi connectivity index (χ4n) is 2.80. The number of ketones is 1. The molecule has 0 atom stereocenters. The third-order valence-corrected chi connectivity index (χ3v) is 4.21. The summed E-state index contributed by atoms with van der Waals surface area (Å²) in [5, 5.41) is 6.86. The van der Waals surface area contributed by atoms with Crippen molar-refractivity contribution in [2.24, 2.45) is 7.05 Å². The summed E-state index contributed by atoms with van der Waals surface area (Å²) < 4.78 is 15.9. The number of anilines is 2. The van der Waals surface area contributed by atoms with E-state index in [1.54, 1.807) is 41.0 Å². The molecule has 1 N–H and O–H groups in total. The lowest BCUT2D eigenvalue weighted by Crippen LogP contribution is -2.50. The number of hydrogen-bond donors (Lipinski definition) is 1. The number of halogens is 1. The van der Waals surface area contributed by atoms with Crippen LogP contribution in [0.15, 0.2) is 30.5 Å². The quantitative estimate of drug-likeness (QED) is 0.865. The Balaban J connectivity index is 1.60. The molecule has 132 valence electrons. The van der Waals surface area contributed by atoms with Gasteiger partial charge in [0, 0.05) is 51.1 Å². The van der Waals surface area contributed by atoms with Crippen molar-refractivity contribution in [3.63, 3.8) is 0 Å². The smallest absolute Gasteiger partial charge is 0.323 e. The number of urea groups is 1. The Hall–Kier alpha value is -2.90. The summed E-state index contributed by atoms with van der Waals surface area (Å²) in [7, 11) is 1.78. The van der Waals surface area contributed by atoms with Crippen LogP contribution in [-0.4, -0.2) is 52.7 Å². The molecule has 0 unspecified atom stereocenters. The van der Waals surface area contributed by atoms with Gasteiger partial charge in [-0.15, -0.1) is 0 Å². The Bertz CT molecular complexity index is 796. The number of carbonyl (C=O) groups is 2. The highest BCUT2D eigenvalue weighted by Crippen LogP contribution is 2.22. The van der Waals surface area contributed by atoms with Crippen molar-refractivity contribution < 1.29 is 14.0 Å². The number of Topliss-reactive ketones (excluding diaryl/α,β-unsaturated/α-hetero) is 1. The Morgan fingerprint density at radius 1 is 1.16 bits per heavy atom. The van der Waals surface area contributed by atoms with Crippen molar-refractivity contribution in [3.05, 3.63) is 41.8 Å². The minimum atomic E-state index is -0.418. The maximum Gasteiger partial charge on any atom is 0.323 e. The minimum absolute atomic E-state index is 0.165. The van der Waals surface area contributed by atoms with Crippen LogP contribution in [0.2, 0.25) is 0 Å². The molecule has 2 amide bonds. The van der Waals surface area contributed by atoms with Gasteiger partial charge in [0.05, 0.1) is 5.69 Å². The lowest BCUT2D eigenvalue weighted by molar-refractivity contribution is 0.101. The van der Waals surface area contributed by atoms with Gasteiger partial charge in [0.25, 0.3) is 0 Å². The molecule has 0 aliphatic carbocycles. The van der Waals surface area contributed by atoms with E-state index in [1.165, 1.54) is 13.0 Å². The molecule has 0 bridgehead atoms. The number of aromatic nitrogens is 2. The van der Waals surface area contributed by atoms with Gasteiger partial charge in [-0.3, -0.25) is 14.8 Å². The summed E-state index contributed by atoms with van der Waals surface area (Å²) >= 11 is 0. The largest absolute Gasteiger partial charge is 0.366 e. The van der Waals surface area contributed by atoms with Crippen LogP contribution in [0.1, 0.15) is 17.3 Å². The van der Waals surface area contributed by atoms with Gasteiger partial charge in [0.1, 0.15) is 5.82 Å². The summed E-state index contributed by atoms with van der Waals surface area (Å²) in [5.41, 5.74) is 0.810. The van der Waals surface area contributed by atoms with Gasteiger partial charge >= 0.3 is 6.03 Å². The van der Waals surface area contributed by atoms with Crippen LogP contribution in [-0.2, 0) is 7.05 Å². The molecule has 3 rings (SSSR count). The first-order chi connectivity index (χ1) is 11.9. The Kier molecular flexibility index (Phi) is 4.69. The molecule has 7 nitrogen and oxygen atoms in total. The summed E-state index contributed by atoms with van der Waals surface area (Å²) in [5.74, 6) is -0.0821. The second-order valence-corrected chi connectivity index (χ2v) is 6.00. The third-order valence-electron chi connectivity index (χ3n) is 4.21. The van der Waals surface area contributed by atoms with Crippen molar-refractivity contribution in [1.29, 1.82) is 0 Å². The number of hydrogen-bond acceptors (Lipinski definition) is 4. The molecule has 1 aromatic carbocycles. The number of rotatable bonds is 3. The van der Waals surface area contributed by atoms with E-state index in [0.29, 0.717) is 43.2 Å². The lowest BCUT2D eigenvalue weighted by Gasteiger charge is -2.36. The van der Waals surface area contributed by atoms with Gasteiger partial charge in [-0.25, -0.2) is 9.18 Å². The zero-order valence-corrected chi connectivity index (χ0v) is 14.2. The van der Waals surface area contributed by atoms with Crippen molar-refractivity contribution in [3.8, 4) is 0 Å². The maximum atomic E-state index is 14.2. The predicted molar refractivity (Wildman–Crippen MR) is 92.4 cm³/mol. The van der Waals surface area contributed by atoms with E-state index in [9.17, 15) is 14.0 Å². The zero-order valence-electron chi connectivity index (χ0n) is 14.2. The Labute approximate surface area is 145 Å². The van der Waals surface area contributed by atoms with Crippen LogP contribution >= 0.6 is 0 Å². The fraction of sp³-hybridized carbons (Fsp3) is 0.353. The molecule has 1 saturated heterocycles. The second kappa shape index (κ2) is 6.92. The van der Waals surface area contributed by atoms with Gasteiger partial charge in [-0.05, 0) is 25.1 Å². The van der Waals surface area contributed by atoms with E-state index in [-0.39, 0.29) is 11.8 Å². The minimum Gasteiger partial charge on any atom is -0.366 e. The van der Waals surface area contributed by atoms with E-state index in [4.69, 9.17) is 0 Å². The maximum absolute atomic E-state index is 14.2. The molecule has 0 radical (unpaired) electrons. The second-order valence-electron chi connectivity index (χ2n) is 6.00.